The largest absolute Gasteiger partial charge is 0.298 e. The van der Waals surface area contributed by atoms with E-state index in [0.717, 1.165) is 26.1 Å². The molecule has 0 aromatic heterocycles. The molecule has 0 unspecified atom stereocenters. The van der Waals surface area contributed by atoms with Crippen LogP contribution in [0.4, 0.5) is 4.39 Å². The fourth-order valence-electron chi connectivity index (χ4n) is 3.17. The summed E-state index contributed by atoms with van der Waals surface area (Å²) in [5.74, 6) is 0.772. The lowest BCUT2D eigenvalue weighted by Gasteiger charge is -2.50. The lowest BCUT2D eigenvalue weighted by molar-refractivity contribution is -0.0316. The molecular weight excluding hydrogens is 215 g/mol. The molecule has 17 heavy (non-hydrogen) atoms. The summed E-state index contributed by atoms with van der Waals surface area (Å²) in [4.78, 5) is 4.84. The number of hydrogen-bond acceptors (Lipinski definition) is 2. The third-order valence-corrected chi connectivity index (χ3v) is 4.62. The van der Waals surface area contributed by atoms with Gasteiger partial charge in [-0.2, -0.15) is 0 Å². The molecule has 3 heteroatoms. The Bertz CT molecular complexity index is 249. The first-order chi connectivity index (χ1) is 7.99. The van der Waals surface area contributed by atoms with E-state index in [2.05, 4.69) is 37.5 Å². The summed E-state index contributed by atoms with van der Waals surface area (Å²) < 4.78 is 14.1. The van der Waals surface area contributed by atoms with E-state index in [1.54, 1.807) is 0 Å². The molecule has 0 aromatic rings. The number of alkyl halides is 1. The molecule has 0 aromatic carbocycles. The topological polar surface area (TPSA) is 6.48 Å². The fraction of sp³-hybridized carbons (Fsp3) is 1.00. The van der Waals surface area contributed by atoms with Gasteiger partial charge in [-0.3, -0.25) is 9.80 Å². The molecule has 0 radical (unpaired) electrons. The van der Waals surface area contributed by atoms with Crippen molar-refractivity contribution in [3.05, 3.63) is 0 Å². The quantitative estimate of drug-likeness (QED) is 0.750. The second-order valence-electron chi connectivity index (χ2n) is 6.41. The van der Waals surface area contributed by atoms with Crippen LogP contribution in [0.1, 0.15) is 34.1 Å². The monoisotopic (exact) mass is 242 g/mol. The minimum atomic E-state index is -0.614. The van der Waals surface area contributed by atoms with Gasteiger partial charge in [0.1, 0.15) is 6.17 Å². The van der Waals surface area contributed by atoms with Gasteiger partial charge in [0.05, 0.1) is 0 Å². The number of piperidine rings is 1. The molecule has 0 aliphatic carbocycles. The van der Waals surface area contributed by atoms with Gasteiger partial charge < -0.3 is 0 Å². The molecule has 2 rings (SSSR count). The van der Waals surface area contributed by atoms with E-state index in [9.17, 15) is 4.39 Å². The molecule has 0 N–H and O–H groups in total. The summed E-state index contributed by atoms with van der Waals surface area (Å²) in [5, 5.41) is 0. The molecule has 0 bridgehead atoms. The minimum Gasteiger partial charge on any atom is -0.298 e. The van der Waals surface area contributed by atoms with Gasteiger partial charge in [-0.15, -0.1) is 0 Å². The van der Waals surface area contributed by atoms with Crippen LogP contribution in [0.3, 0.4) is 0 Å². The summed E-state index contributed by atoms with van der Waals surface area (Å²) in [5.41, 5.74) is 0. The summed E-state index contributed by atoms with van der Waals surface area (Å²) >= 11 is 0. The Hall–Kier alpha value is -0.150. The Morgan fingerprint density at radius 1 is 1.06 bits per heavy atom. The van der Waals surface area contributed by atoms with Crippen LogP contribution < -0.4 is 0 Å². The van der Waals surface area contributed by atoms with Crippen LogP contribution in [0.2, 0.25) is 0 Å². The SMILES string of the molecule is CC(C)[C@H]1CCN(C2CN(C(C)C)C2)C[C@H]1F. The minimum absolute atomic E-state index is 0.285. The first-order valence-corrected chi connectivity index (χ1v) is 7.11. The Morgan fingerprint density at radius 2 is 1.71 bits per heavy atom. The molecule has 0 amide bonds. The van der Waals surface area contributed by atoms with E-state index in [1.165, 1.54) is 0 Å². The van der Waals surface area contributed by atoms with Crippen LogP contribution >= 0.6 is 0 Å². The van der Waals surface area contributed by atoms with Crippen molar-refractivity contribution in [2.24, 2.45) is 11.8 Å². The number of likely N-dealkylation sites (tertiary alicyclic amines) is 2. The molecule has 2 heterocycles. The van der Waals surface area contributed by atoms with Crippen molar-refractivity contribution in [3.8, 4) is 0 Å². The summed E-state index contributed by atoms with van der Waals surface area (Å²) in [6, 6.07) is 1.25. The van der Waals surface area contributed by atoms with E-state index in [-0.39, 0.29) is 5.92 Å². The first kappa shape index (κ1) is 13.3. The van der Waals surface area contributed by atoms with E-state index < -0.39 is 6.17 Å². The number of rotatable bonds is 3. The summed E-state index contributed by atoms with van der Waals surface area (Å²) in [6.07, 6.45) is 0.425. The molecule has 2 fully saturated rings. The fourth-order valence-corrected chi connectivity index (χ4v) is 3.17. The van der Waals surface area contributed by atoms with Crippen LogP contribution in [0.25, 0.3) is 0 Å². The molecule has 2 aliphatic rings. The van der Waals surface area contributed by atoms with Gasteiger partial charge in [-0.25, -0.2) is 4.39 Å². The van der Waals surface area contributed by atoms with Crippen LogP contribution in [0.15, 0.2) is 0 Å². The van der Waals surface area contributed by atoms with E-state index >= 15 is 0 Å². The second-order valence-corrected chi connectivity index (χ2v) is 6.41. The molecule has 0 saturated carbocycles. The van der Waals surface area contributed by atoms with Gasteiger partial charge in [-0.05, 0) is 38.6 Å². The van der Waals surface area contributed by atoms with E-state index in [4.69, 9.17) is 0 Å². The molecule has 2 aliphatic heterocycles. The zero-order valence-electron chi connectivity index (χ0n) is 11.7. The van der Waals surface area contributed by atoms with Gasteiger partial charge in [-0.1, -0.05) is 13.8 Å². The summed E-state index contributed by atoms with van der Waals surface area (Å²) in [7, 11) is 0. The first-order valence-electron chi connectivity index (χ1n) is 7.11. The normalized spacial score (nSPS) is 33.4. The molecule has 2 nitrogen and oxygen atoms in total. The van der Waals surface area contributed by atoms with Gasteiger partial charge in [0.25, 0.3) is 0 Å². The molecule has 100 valence electrons. The third kappa shape index (κ3) is 2.82. The number of halogens is 1. The predicted molar refractivity (Wildman–Crippen MR) is 69.9 cm³/mol. The van der Waals surface area contributed by atoms with Gasteiger partial charge >= 0.3 is 0 Å². The maximum Gasteiger partial charge on any atom is 0.116 e. The van der Waals surface area contributed by atoms with Crippen molar-refractivity contribution in [1.82, 2.24) is 9.80 Å². The van der Waals surface area contributed by atoms with Crippen LogP contribution in [-0.4, -0.2) is 54.2 Å². The summed E-state index contributed by atoms with van der Waals surface area (Å²) in [6.45, 7) is 12.8. The lowest BCUT2D eigenvalue weighted by atomic mass is 9.84. The van der Waals surface area contributed by atoms with Crippen LogP contribution in [0.5, 0.6) is 0 Å². The smallest absolute Gasteiger partial charge is 0.116 e. The van der Waals surface area contributed by atoms with Crippen molar-refractivity contribution >= 4 is 0 Å². The van der Waals surface area contributed by atoms with E-state index in [0.29, 0.717) is 24.5 Å². The Labute approximate surface area is 105 Å². The van der Waals surface area contributed by atoms with Crippen LogP contribution in [-0.2, 0) is 0 Å². The Morgan fingerprint density at radius 3 is 2.18 bits per heavy atom. The molecular formula is C14H27FN2. The van der Waals surface area contributed by atoms with Crippen LogP contribution in [0, 0.1) is 11.8 Å². The Kier molecular flexibility index (Phi) is 4.09. The van der Waals surface area contributed by atoms with Gasteiger partial charge in [0.15, 0.2) is 0 Å². The highest BCUT2D eigenvalue weighted by atomic mass is 19.1. The maximum atomic E-state index is 14.1. The highest BCUT2D eigenvalue weighted by Crippen LogP contribution is 2.30. The predicted octanol–water partition coefficient (Wildman–Crippen LogP) is 2.40. The van der Waals surface area contributed by atoms with Crippen molar-refractivity contribution in [2.45, 2.75) is 52.4 Å². The average molecular weight is 242 g/mol. The van der Waals surface area contributed by atoms with Gasteiger partial charge in [0, 0.05) is 31.7 Å². The highest BCUT2D eigenvalue weighted by Gasteiger charge is 2.38. The number of nitrogens with zero attached hydrogens (tertiary/aromatic N) is 2. The molecule has 2 saturated heterocycles. The van der Waals surface area contributed by atoms with Gasteiger partial charge in [0.2, 0.25) is 0 Å². The standard InChI is InChI=1S/C14H27FN2/c1-10(2)13-5-6-16(9-14(13)15)12-7-17(8-12)11(3)4/h10-14H,5-9H2,1-4H3/t13-,14-/m1/s1. The van der Waals surface area contributed by atoms with Crippen molar-refractivity contribution < 1.29 is 4.39 Å². The van der Waals surface area contributed by atoms with Crippen molar-refractivity contribution in [1.29, 1.82) is 0 Å². The zero-order chi connectivity index (χ0) is 12.6. The maximum absolute atomic E-state index is 14.1. The van der Waals surface area contributed by atoms with E-state index in [1.807, 2.05) is 0 Å². The Balaban J connectivity index is 1.79. The average Bonchev–Trinajstić information content (AvgIpc) is 2.13. The molecule has 2 atom stereocenters. The van der Waals surface area contributed by atoms with Crippen molar-refractivity contribution in [3.63, 3.8) is 0 Å². The van der Waals surface area contributed by atoms with Crippen molar-refractivity contribution in [2.75, 3.05) is 26.2 Å². The molecule has 0 spiro atoms. The highest BCUT2D eigenvalue weighted by molar-refractivity contribution is 4.93. The third-order valence-electron chi connectivity index (χ3n) is 4.62. The zero-order valence-corrected chi connectivity index (χ0v) is 11.7. The lowest BCUT2D eigenvalue weighted by Crippen LogP contribution is -2.63. The number of hydrogen-bond donors (Lipinski definition) is 0. The second kappa shape index (κ2) is 5.23.